The van der Waals surface area contributed by atoms with Gasteiger partial charge in [-0.1, -0.05) is 0 Å². The zero-order valence-electron chi connectivity index (χ0n) is 12.8. The Morgan fingerprint density at radius 1 is 1.45 bits per heavy atom. The fourth-order valence-electron chi connectivity index (χ4n) is 3.11. The van der Waals surface area contributed by atoms with E-state index in [1.807, 2.05) is 23.7 Å². The van der Waals surface area contributed by atoms with Crippen LogP contribution in [-0.2, 0) is 7.05 Å². The number of ether oxygens (including phenoxy) is 1. The lowest BCUT2D eigenvalue weighted by Gasteiger charge is -2.16. The standard InChI is InChI=1S/C15H21N5O2/c1-20-9-18-19-15(20)10-6-11(12(21)7-10)8-17-14-13(22-2)4-3-5-16-14/h3-5,9-12,21H,6-8H2,1-2H3,(H,16,17)/t10-,11+,12+/m0/s1. The van der Waals surface area contributed by atoms with Crippen LogP contribution in [0.15, 0.2) is 24.7 Å². The summed E-state index contributed by atoms with van der Waals surface area (Å²) in [5.41, 5.74) is 0. The van der Waals surface area contributed by atoms with E-state index in [1.165, 1.54) is 0 Å². The summed E-state index contributed by atoms with van der Waals surface area (Å²) in [6.07, 6.45) is 4.68. The first-order valence-electron chi connectivity index (χ1n) is 7.44. The summed E-state index contributed by atoms with van der Waals surface area (Å²) in [5, 5.41) is 21.7. The Morgan fingerprint density at radius 3 is 3.05 bits per heavy atom. The number of hydrogen-bond donors (Lipinski definition) is 2. The molecule has 0 bridgehead atoms. The van der Waals surface area contributed by atoms with Crippen molar-refractivity contribution < 1.29 is 9.84 Å². The molecule has 1 aliphatic carbocycles. The maximum Gasteiger partial charge on any atom is 0.168 e. The molecular formula is C15H21N5O2. The second kappa shape index (κ2) is 6.31. The van der Waals surface area contributed by atoms with Crippen LogP contribution in [0.4, 0.5) is 5.82 Å². The molecule has 118 valence electrons. The van der Waals surface area contributed by atoms with Crippen LogP contribution in [0.2, 0.25) is 0 Å². The molecule has 0 aliphatic heterocycles. The van der Waals surface area contributed by atoms with Gasteiger partial charge in [-0.15, -0.1) is 10.2 Å². The predicted molar refractivity (Wildman–Crippen MR) is 81.8 cm³/mol. The average molecular weight is 303 g/mol. The molecule has 1 fully saturated rings. The summed E-state index contributed by atoms with van der Waals surface area (Å²) >= 11 is 0. The van der Waals surface area contributed by atoms with Gasteiger partial charge >= 0.3 is 0 Å². The molecule has 0 radical (unpaired) electrons. The molecular weight excluding hydrogens is 282 g/mol. The molecule has 3 rings (SSSR count). The summed E-state index contributed by atoms with van der Waals surface area (Å²) < 4.78 is 7.20. The lowest BCUT2D eigenvalue weighted by atomic mass is 10.0. The number of aromatic nitrogens is 4. The first-order valence-corrected chi connectivity index (χ1v) is 7.44. The van der Waals surface area contributed by atoms with Gasteiger partial charge in [0.2, 0.25) is 0 Å². The highest BCUT2D eigenvalue weighted by Gasteiger charge is 2.35. The number of nitrogens with one attached hydrogen (secondary N) is 1. The van der Waals surface area contributed by atoms with Gasteiger partial charge < -0.3 is 19.7 Å². The minimum atomic E-state index is -0.344. The van der Waals surface area contributed by atoms with Crippen LogP contribution in [0.1, 0.15) is 24.6 Å². The third-order valence-electron chi connectivity index (χ3n) is 4.29. The third-order valence-corrected chi connectivity index (χ3v) is 4.29. The van der Waals surface area contributed by atoms with Gasteiger partial charge in [0, 0.05) is 31.6 Å². The number of aliphatic hydroxyl groups is 1. The lowest BCUT2D eigenvalue weighted by Crippen LogP contribution is -2.22. The minimum Gasteiger partial charge on any atom is -0.493 e. The number of hydrogen-bond acceptors (Lipinski definition) is 6. The van der Waals surface area contributed by atoms with Gasteiger partial charge in [0.05, 0.1) is 13.2 Å². The SMILES string of the molecule is COc1cccnc1NC[C@H]1C[C@H](c2nncn2C)C[C@H]1O. The molecule has 2 N–H and O–H groups in total. The average Bonchev–Trinajstić information content (AvgIpc) is 3.11. The fourth-order valence-corrected chi connectivity index (χ4v) is 3.11. The molecule has 2 aromatic rings. The monoisotopic (exact) mass is 303 g/mol. The summed E-state index contributed by atoms with van der Waals surface area (Å²) in [7, 11) is 3.56. The molecule has 7 heteroatoms. The fraction of sp³-hybridized carbons (Fsp3) is 0.533. The molecule has 0 amide bonds. The Balaban J connectivity index is 1.63. The van der Waals surface area contributed by atoms with E-state index in [0.29, 0.717) is 18.1 Å². The van der Waals surface area contributed by atoms with E-state index in [-0.39, 0.29) is 17.9 Å². The molecule has 0 spiro atoms. The van der Waals surface area contributed by atoms with Gasteiger partial charge in [0.15, 0.2) is 11.6 Å². The van der Waals surface area contributed by atoms with Gasteiger partial charge in [0.25, 0.3) is 0 Å². The van der Waals surface area contributed by atoms with E-state index in [4.69, 9.17) is 4.74 Å². The minimum absolute atomic E-state index is 0.161. The molecule has 3 atom stereocenters. The zero-order valence-corrected chi connectivity index (χ0v) is 12.8. The van der Waals surface area contributed by atoms with Crippen molar-refractivity contribution in [1.82, 2.24) is 19.7 Å². The first-order chi connectivity index (χ1) is 10.7. The number of nitrogens with zero attached hydrogens (tertiary/aromatic N) is 4. The van der Waals surface area contributed by atoms with Crippen LogP contribution in [0.5, 0.6) is 5.75 Å². The van der Waals surface area contributed by atoms with Crippen LogP contribution in [0.3, 0.4) is 0 Å². The highest BCUT2D eigenvalue weighted by atomic mass is 16.5. The number of anilines is 1. The van der Waals surface area contributed by atoms with Gasteiger partial charge in [-0.05, 0) is 25.0 Å². The lowest BCUT2D eigenvalue weighted by molar-refractivity contribution is 0.137. The largest absolute Gasteiger partial charge is 0.493 e. The highest BCUT2D eigenvalue weighted by Crippen LogP contribution is 2.37. The number of pyridine rings is 1. The van der Waals surface area contributed by atoms with Gasteiger partial charge in [-0.2, -0.15) is 0 Å². The second-order valence-corrected chi connectivity index (χ2v) is 5.73. The first kappa shape index (κ1) is 14.8. The predicted octanol–water partition coefficient (Wildman–Crippen LogP) is 1.19. The Morgan fingerprint density at radius 2 is 2.32 bits per heavy atom. The van der Waals surface area contributed by atoms with Crippen LogP contribution in [0, 0.1) is 5.92 Å². The molecule has 22 heavy (non-hydrogen) atoms. The Bertz CT molecular complexity index is 630. The number of methoxy groups -OCH3 is 1. The summed E-state index contributed by atoms with van der Waals surface area (Å²) in [6.45, 7) is 0.656. The van der Waals surface area contributed by atoms with Crippen molar-refractivity contribution in [3.05, 3.63) is 30.5 Å². The summed E-state index contributed by atoms with van der Waals surface area (Å²) in [4.78, 5) is 4.27. The topological polar surface area (TPSA) is 85.1 Å². The number of rotatable bonds is 5. The zero-order chi connectivity index (χ0) is 15.5. The van der Waals surface area contributed by atoms with Crippen LogP contribution in [-0.4, -0.2) is 44.6 Å². The Hall–Kier alpha value is -2.15. The molecule has 0 unspecified atom stereocenters. The van der Waals surface area contributed by atoms with Crippen LogP contribution < -0.4 is 10.1 Å². The maximum atomic E-state index is 10.3. The van der Waals surface area contributed by atoms with Crippen molar-refractivity contribution in [3.8, 4) is 5.75 Å². The molecule has 2 heterocycles. The molecule has 0 aromatic carbocycles. The van der Waals surface area contributed by atoms with Crippen molar-refractivity contribution in [2.75, 3.05) is 19.0 Å². The van der Waals surface area contributed by atoms with Crippen molar-refractivity contribution in [1.29, 1.82) is 0 Å². The van der Waals surface area contributed by atoms with Gasteiger partial charge in [0.1, 0.15) is 12.2 Å². The van der Waals surface area contributed by atoms with E-state index in [2.05, 4.69) is 20.5 Å². The molecule has 2 aromatic heterocycles. The molecule has 7 nitrogen and oxygen atoms in total. The van der Waals surface area contributed by atoms with Crippen molar-refractivity contribution in [2.45, 2.75) is 24.9 Å². The van der Waals surface area contributed by atoms with Gasteiger partial charge in [-0.25, -0.2) is 4.98 Å². The number of aliphatic hydroxyl groups excluding tert-OH is 1. The van der Waals surface area contributed by atoms with E-state index in [9.17, 15) is 5.11 Å². The van der Waals surface area contributed by atoms with E-state index in [0.717, 1.165) is 18.7 Å². The maximum absolute atomic E-state index is 10.3. The quantitative estimate of drug-likeness (QED) is 0.863. The van der Waals surface area contributed by atoms with Crippen LogP contribution >= 0.6 is 0 Å². The van der Waals surface area contributed by atoms with Crippen molar-refractivity contribution >= 4 is 5.82 Å². The molecule has 1 aliphatic rings. The normalized spacial score (nSPS) is 24.4. The van der Waals surface area contributed by atoms with Crippen molar-refractivity contribution in [2.24, 2.45) is 13.0 Å². The molecule has 0 saturated heterocycles. The summed E-state index contributed by atoms with van der Waals surface area (Å²) in [6, 6.07) is 3.70. The Labute approximate surface area is 129 Å². The van der Waals surface area contributed by atoms with Crippen LogP contribution in [0.25, 0.3) is 0 Å². The molecule has 1 saturated carbocycles. The van der Waals surface area contributed by atoms with E-state index >= 15 is 0 Å². The van der Waals surface area contributed by atoms with Crippen molar-refractivity contribution in [3.63, 3.8) is 0 Å². The summed E-state index contributed by atoms with van der Waals surface area (Å²) in [5.74, 6) is 2.77. The van der Waals surface area contributed by atoms with Gasteiger partial charge in [-0.3, -0.25) is 0 Å². The smallest absolute Gasteiger partial charge is 0.168 e. The van der Waals surface area contributed by atoms with E-state index in [1.54, 1.807) is 19.6 Å². The van der Waals surface area contributed by atoms with E-state index < -0.39 is 0 Å². The number of aryl methyl sites for hydroxylation is 1. The Kier molecular flexibility index (Phi) is 4.24. The highest BCUT2D eigenvalue weighted by molar-refractivity contribution is 5.49. The second-order valence-electron chi connectivity index (χ2n) is 5.73. The third kappa shape index (κ3) is 2.89.